The molecule has 1 aliphatic rings. The number of rotatable bonds is 5. The largest absolute Gasteiger partial charge is 0.462 e. The van der Waals surface area contributed by atoms with Crippen molar-refractivity contribution in [3.05, 3.63) is 41.1 Å². The molecule has 1 aliphatic heterocycles. The number of benzene rings is 1. The molecule has 0 unspecified atom stereocenters. The second-order valence-electron chi connectivity index (χ2n) is 8.76. The van der Waals surface area contributed by atoms with Crippen LogP contribution in [0.3, 0.4) is 0 Å². The van der Waals surface area contributed by atoms with Gasteiger partial charge in [0.05, 0.1) is 18.2 Å². The number of nitrogens with one attached hydrogen (secondary N) is 2. The average molecular weight is 418 g/mol. The zero-order valence-corrected chi connectivity index (χ0v) is 19.1. The standard InChI is InChI=1S/C22H31N3O3S/c1-13(2)12-28-19(26)17-14(3)25(7)21(29)24-18(17)15-8-10-16(11-9-15)23-20(27)22(4,5)6/h8-11,13,18H,12H2,1-7H3,(H,23,27)(H,24,29)/t18-/m0/s1. The van der Waals surface area contributed by atoms with Crippen molar-refractivity contribution in [2.75, 3.05) is 19.0 Å². The van der Waals surface area contributed by atoms with Gasteiger partial charge in [0.2, 0.25) is 5.91 Å². The molecule has 0 radical (unpaired) electrons. The van der Waals surface area contributed by atoms with Crippen LogP contribution < -0.4 is 10.6 Å². The van der Waals surface area contributed by atoms with E-state index < -0.39 is 11.5 Å². The Morgan fingerprint density at radius 1 is 1.24 bits per heavy atom. The molecule has 0 aliphatic carbocycles. The second kappa shape index (κ2) is 8.95. The highest BCUT2D eigenvalue weighted by Crippen LogP contribution is 2.31. The molecule has 29 heavy (non-hydrogen) atoms. The first-order chi connectivity index (χ1) is 13.4. The maximum absolute atomic E-state index is 12.8. The minimum atomic E-state index is -0.479. The van der Waals surface area contributed by atoms with Crippen molar-refractivity contribution in [3.63, 3.8) is 0 Å². The fourth-order valence-corrected chi connectivity index (χ4v) is 3.00. The highest BCUT2D eigenvalue weighted by Gasteiger charge is 2.33. The van der Waals surface area contributed by atoms with Crippen molar-refractivity contribution in [3.8, 4) is 0 Å². The van der Waals surface area contributed by atoms with Crippen LogP contribution in [0.4, 0.5) is 5.69 Å². The summed E-state index contributed by atoms with van der Waals surface area (Å²) in [6, 6.07) is 7.01. The molecule has 0 saturated carbocycles. The second-order valence-corrected chi connectivity index (χ2v) is 9.15. The lowest BCUT2D eigenvalue weighted by Crippen LogP contribution is -2.46. The van der Waals surface area contributed by atoms with Gasteiger partial charge in [0.1, 0.15) is 0 Å². The van der Waals surface area contributed by atoms with Gasteiger partial charge in [-0.25, -0.2) is 4.79 Å². The third-order valence-electron chi connectivity index (χ3n) is 4.70. The van der Waals surface area contributed by atoms with Gasteiger partial charge >= 0.3 is 5.97 Å². The highest BCUT2D eigenvalue weighted by atomic mass is 32.1. The lowest BCUT2D eigenvalue weighted by molar-refractivity contribution is -0.140. The molecule has 0 bridgehead atoms. The van der Waals surface area contributed by atoms with Gasteiger partial charge in [-0.15, -0.1) is 0 Å². The monoisotopic (exact) mass is 417 g/mol. The third kappa shape index (κ3) is 5.56. The quantitative estimate of drug-likeness (QED) is 0.557. The predicted octanol–water partition coefficient (Wildman–Crippen LogP) is 4.01. The Bertz CT molecular complexity index is 823. The zero-order chi connectivity index (χ0) is 21.9. The van der Waals surface area contributed by atoms with Crippen LogP contribution in [0.15, 0.2) is 35.5 Å². The Morgan fingerprint density at radius 3 is 2.34 bits per heavy atom. The van der Waals surface area contributed by atoms with E-state index in [4.69, 9.17) is 17.0 Å². The first-order valence-electron chi connectivity index (χ1n) is 9.75. The van der Waals surface area contributed by atoms with Crippen molar-refractivity contribution in [2.45, 2.75) is 47.6 Å². The molecule has 1 amide bonds. The number of carbonyl (C=O) groups excluding carboxylic acids is 2. The molecule has 1 heterocycles. The number of esters is 1. The Hall–Kier alpha value is -2.41. The number of nitrogens with zero attached hydrogens (tertiary/aromatic N) is 1. The third-order valence-corrected chi connectivity index (χ3v) is 5.10. The average Bonchev–Trinajstić information content (AvgIpc) is 2.63. The van der Waals surface area contributed by atoms with Gasteiger partial charge in [0.25, 0.3) is 0 Å². The van der Waals surface area contributed by atoms with E-state index in [1.807, 2.05) is 72.9 Å². The molecule has 1 aromatic carbocycles. The van der Waals surface area contributed by atoms with Crippen molar-refractivity contribution in [2.24, 2.45) is 11.3 Å². The van der Waals surface area contributed by atoms with Crippen LogP contribution in [0.1, 0.15) is 53.1 Å². The molecule has 1 aromatic rings. The summed E-state index contributed by atoms with van der Waals surface area (Å²) >= 11 is 5.42. The van der Waals surface area contributed by atoms with Gasteiger partial charge in [-0.05, 0) is 42.8 Å². The van der Waals surface area contributed by atoms with Gasteiger partial charge in [-0.2, -0.15) is 0 Å². The lowest BCUT2D eigenvalue weighted by Gasteiger charge is -2.35. The van der Waals surface area contributed by atoms with E-state index in [1.165, 1.54) is 0 Å². The minimum absolute atomic E-state index is 0.0578. The van der Waals surface area contributed by atoms with Crippen LogP contribution in [0.2, 0.25) is 0 Å². The maximum atomic E-state index is 12.8. The summed E-state index contributed by atoms with van der Waals surface area (Å²) in [7, 11) is 1.82. The van der Waals surface area contributed by atoms with Gasteiger partial charge in [-0.3, -0.25) is 4.79 Å². The van der Waals surface area contributed by atoms with Crippen LogP contribution in [-0.4, -0.2) is 35.5 Å². The van der Waals surface area contributed by atoms with E-state index in [0.717, 1.165) is 11.3 Å². The van der Waals surface area contributed by atoms with Gasteiger partial charge in [0.15, 0.2) is 5.11 Å². The summed E-state index contributed by atoms with van der Waals surface area (Å²) < 4.78 is 5.50. The molecule has 158 valence electrons. The molecule has 2 N–H and O–H groups in total. The number of hydrogen-bond acceptors (Lipinski definition) is 4. The van der Waals surface area contributed by atoms with Crippen LogP contribution in [-0.2, 0) is 14.3 Å². The van der Waals surface area contributed by atoms with E-state index in [2.05, 4.69) is 10.6 Å². The normalized spacial score (nSPS) is 17.3. The van der Waals surface area contributed by atoms with Gasteiger partial charge in [0, 0.05) is 23.8 Å². The Morgan fingerprint density at radius 2 is 1.83 bits per heavy atom. The predicted molar refractivity (Wildman–Crippen MR) is 119 cm³/mol. The van der Waals surface area contributed by atoms with Crippen LogP contribution in [0, 0.1) is 11.3 Å². The van der Waals surface area contributed by atoms with Crippen LogP contribution in [0.5, 0.6) is 0 Å². The zero-order valence-electron chi connectivity index (χ0n) is 18.3. The molecule has 2 rings (SSSR count). The number of amides is 1. The minimum Gasteiger partial charge on any atom is -0.462 e. The SMILES string of the molecule is CC1=C(C(=O)OCC(C)C)[C@H](c2ccc(NC(=O)C(C)(C)C)cc2)NC(=S)N1C. The summed E-state index contributed by atoms with van der Waals surface area (Å²) in [5.41, 5.74) is 2.39. The Labute approximate surface area is 178 Å². The highest BCUT2D eigenvalue weighted by molar-refractivity contribution is 7.80. The molecule has 1 atom stereocenters. The van der Waals surface area contributed by atoms with Crippen molar-refractivity contribution in [1.29, 1.82) is 0 Å². The fourth-order valence-electron chi connectivity index (χ4n) is 2.75. The van der Waals surface area contributed by atoms with Crippen molar-refractivity contribution < 1.29 is 14.3 Å². The van der Waals surface area contributed by atoms with E-state index in [1.54, 1.807) is 4.90 Å². The lowest BCUT2D eigenvalue weighted by atomic mass is 9.94. The Kier molecular flexibility index (Phi) is 7.06. The van der Waals surface area contributed by atoms with E-state index in [0.29, 0.717) is 23.0 Å². The summed E-state index contributed by atoms with van der Waals surface area (Å²) in [6.07, 6.45) is 0. The molecule has 7 heteroatoms. The van der Waals surface area contributed by atoms with Gasteiger partial charge in [-0.1, -0.05) is 46.8 Å². The smallest absolute Gasteiger partial charge is 0.338 e. The molecular weight excluding hydrogens is 386 g/mol. The molecule has 0 spiro atoms. The maximum Gasteiger partial charge on any atom is 0.338 e. The van der Waals surface area contributed by atoms with E-state index in [-0.39, 0.29) is 17.8 Å². The first-order valence-corrected chi connectivity index (χ1v) is 10.2. The van der Waals surface area contributed by atoms with Gasteiger partial charge < -0.3 is 20.3 Å². The number of anilines is 1. The number of allylic oxidation sites excluding steroid dienone is 1. The van der Waals surface area contributed by atoms with E-state index >= 15 is 0 Å². The molecule has 0 saturated heterocycles. The first kappa shape index (κ1) is 22.9. The van der Waals surface area contributed by atoms with Crippen molar-refractivity contribution in [1.82, 2.24) is 10.2 Å². The summed E-state index contributed by atoms with van der Waals surface area (Å²) in [4.78, 5) is 26.8. The Balaban J connectivity index is 2.31. The molecular formula is C22H31N3O3S. The van der Waals surface area contributed by atoms with Crippen molar-refractivity contribution >= 4 is 34.9 Å². The molecule has 6 nitrogen and oxygen atoms in total. The number of carbonyl (C=O) groups is 2. The van der Waals surface area contributed by atoms with Crippen LogP contribution >= 0.6 is 12.2 Å². The molecule has 0 aromatic heterocycles. The molecule has 0 fully saturated rings. The summed E-state index contributed by atoms with van der Waals surface area (Å²) in [5.74, 6) is -0.162. The summed E-state index contributed by atoms with van der Waals surface area (Å²) in [6.45, 7) is 11.8. The number of hydrogen-bond donors (Lipinski definition) is 2. The number of thiocarbonyl (C=S) groups is 1. The van der Waals surface area contributed by atoms with E-state index in [9.17, 15) is 9.59 Å². The number of ether oxygens (including phenoxy) is 1. The fraction of sp³-hybridized carbons (Fsp3) is 0.500. The topological polar surface area (TPSA) is 70.7 Å². The van der Waals surface area contributed by atoms with Crippen LogP contribution in [0.25, 0.3) is 0 Å². The summed E-state index contributed by atoms with van der Waals surface area (Å²) in [5, 5.41) is 6.67.